The molecule has 0 saturated carbocycles. The lowest BCUT2D eigenvalue weighted by molar-refractivity contribution is 0.0689. The number of carbonyl (C=O) groups is 1. The van der Waals surface area contributed by atoms with E-state index in [4.69, 9.17) is 5.11 Å². The van der Waals surface area contributed by atoms with Crippen molar-refractivity contribution in [3.8, 4) is 0 Å². The quantitative estimate of drug-likeness (QED) is 0.831. The molecule has 0 saturated heterocycles. The van der Waals surface area contributed by atoms with Gasteiger partial charge in [0.15, 0.2) is 5.69 Å². The summed E-state index contributed by atoms with van der Waals surface area (Å²) in [4.78, 5) is 11.0. The summed E-state index contributed by atoms with van der Waals surface area (Å²) in [5, 5.41) is 24.0. The van der Waals surface area contributed by atoms with E-state index < -0.39 is 5.97 Å². The molecule has 0 aliphatic heterocycles. The molecule has 0 atom stereocenters. The third-order valence-corrected chi connectivity index (χ3v) is 2.57. The summed E-state index contributed by atoms with van der Waals surface area (Å²) in [6.07, 6.45) is 1.41. The molecule has 1 N–H and O–H groups in total. The minimum absolute atomic E-state index is 0.00837. The van der Waals surface area contributed by atoms with Crippen LogP contribution in [0.5, 0.6) is 0 Å². The van der Waals surface area contributed by atoms with Crippen LogP contribution in [0.4, 0.5) is 0 Å². The van der Waals surface area contributed by atoms with Crippen LogP contribution in [-0.4, -0.2) is 36.4 Å². The molecular formula is C10H13N5O3. The van der Waals surface area contributed by atoms with Gasteiger partial charge in [-0.25, -0.2) is 14.1 Å². The predicted octanol–water partition coefficient (Wildman–Crippen LogP) is 0.669. The van der Waals surface area contributed by atoms with E-state index in [0.717, 1.165) is 6.42 Å². The molecule has 0 radical (unpaired) electrons. The summed E-state index contributed by atoms with van der Waals surface area (Å²) in [5.41, 5.74) is 1.86. The van der Waals surface area contributed by atoms with E-state index in [9.17, 15) is 4.79 Å². The van der Waals surface area contributed by atoms with Crippen LogP contribution in [0, 0.1) is 6.92 Å². The fraction of sp³-hybridized carbons (Fsp3) is 0.500. The Hall–Kier alpha value is -2.25. The van der Waals surface area contributed by atoms with E-state index in [-0.39, 0.29) is 5.69 Å². The highest BCUT2D eigenvalue weighted by atomic mass is 16.6. The van der Waals surface area contributed by atoms with Crippen molar-refractivity contribution in [2.24, 2.45) is 0 Å². The predicted molar refractivity (Wildman–Crippen MR) is 59.1 cm³/mol. The van der Waals surface area contributed by atoms with Gasteiger partial charge in [0.25, 0.3) is 0 Å². The maximum Gasteiger partial charge on any atom is 0.358 e. The van der Waals surface area contributed by atoms with Crippen LogP contribution in [0.2, 0.25) is 0 Å². The lowest BCUT2D eigenvalue weighted by Gasteiger charge is -2.03. The van der Waals surface area contributed by atoms with Crippen LogP contribution in [0.25, 0.3) is 0 Å². The number of aromatic carboxylic acids is 1. The van der Waals surface area contributed by atoms with Gasteiger partial charge in [-0.1, -0.05) is 28.9 Å². The van der Waals surface area contributed by atoms with E-state index in [0.29, 0.717) is 30.0 Å². The highest BCUT2D eigenvalue weighted by Gasteiger charge is 2.19. The second kappa shape index (κ2) is 4.94. The van der Waals surface area contributed by atoms with Crippen molar-refractivity contribution in [1.82, 2.24) is 25.3 Å². The molecule has 0 bridgehead atoms. The number of aryl methyl sites for hydroxylation is 1. The summed E-state index contributed by atoms with van der Waals surface area (Å²) in [5.74, 6) is -1.07. The summed E-state index contributed by atoms with van der Waals surface area (Å²) in [7, 11) is 0. The second-order valence-corrected chi connectivity index (χ2v) is 3.89. The van der Waals surface area contributed by atoms with Crippen LogP contribution < -0.4 is 0 Å². The third kappa shape index (κ3) is 2.22. The van der Waals surface area contributed by atoms with Crippen molar-refractivity contribution >= 4 is 5.97 Å². The molecule has 0 amide bonds. The molecule has 2 aromatic heterocycles. The van der Waals surface area contributed by atoms with Gasteiger partial charge in [-0.3, -0.25) is 0 Å². The van der Waals surface area contributed by atoms with Crippen molar-refractivity contribution in [2.75, 3.05) is 0 Å². The molecule has 96 valence electrons. The zero-order valence-corrected chi connectivity index (χ0v) is 10.1. The first-order chi connectivity index (χ1) is 8.63. The minimum Gasteiger partial charge on any atom is -0.476 e. The number of rotatable bonds is 5. The van der Waals surface area contributed by atoms with Gasteiger partial charge in [0, 0.05) is 0 Å². The highest BCUT2D eigenvalue weighted by Crippen LogP contribution is 2.11. The van der Waals surface area contributed by atoms with Gasteiger partial charge in [-0.15, -0.1) is 5.10 Å². The highest BCUT2D eigenvalue weighted by molar-refractivity contribution is 5.86. The molecule has 0 aliphatic rings. The fourth-order valence-electron chi connectivity index (χ4n) is 1.64. The first kappa shape index (κ1) is 12.2. The number of aromatic nitrogens is 5. The summed E-state index contributed by atoms with van der Waals surface area (Å²) in [6, 6.07) is 0. The molecule has 8 nitrogen and oxygen atoms in total. The standard InChI is InChI=1S/C10H13N5O3/c1-3-4-8-9(10(16)17)11-14-15(8)5-7-6(2)12-18-13-7/h3-5H2,1-2H3,(H,16,17). The van der Waals surface area contributed by atoms with Gasteiger partial charge < -0.3 is 5.11 Å². The molecule has 18 heavy (non-hydrogen) atoms. The Kier molecular flexibility index (Phi) is 3.35. The number of hydrogen-bond donors (Lipinski definition) is 1. The fourth-order valence-corrected chi connectivity index (χ4v) is 1.64. The van der Waals surface area contributed by atoms with Crippen molar-refractivity contribution in [1.29, 1.82) is 0 Å². The molecule has 2 aromatic rings. The lowest BCUT2D eigenvalue weighted by atomic mass is 10.2. The number of nitrogens with zero attached hydrogens (tertiary/aromatic N) is 5. The van der Waals surface area contributed by atoms with E-state index in [2.05, 4.69) is 25.3 Å². The van der Waals surface area contributed by atoms with Crippen LogP contribution in [0.15, 0.2) is 4.63 Å². The third-order valence-electron chi connectivity index (χ3n) is 2.57. The van der Waals surface area contributed by atoms with E-state index in [1.54, 1.807) is 6.92 Å². The van der Waals surface area contributed by atoms with Crippen molar-refractivity contribution in [3.63, 3.8) is 0 Å². The maximum atomic E-state index is 11.0. The summed E-state index contributed by atoms with van der Waals surface area (Å²) in [6.45, 7) is 4.04. The van der Waals surface area contributed by atoms with Gasteiger partial charge in [0.2, 0.25) is 0 Å². The van der Waals surface area contributed by atoms with Gasteiger partial charge in [-0.2, -0.15) is 0 Å². The molecule has 8 heteroatoms. The minimum atomic E-state index is -1.07. The smallest absolute Gasteiger partial charge is 0.358 e. The first-order valence-corrected chi connectivity index (χ1v) is 5.57. The average molecular weight is 251 g/mol. The Morgan fingerprint density at radius 1 is 1.44 bits per heavy atom. The molecule has 2 heterocycles. The number of carboxylic acid groups (broad SMARTS) is 1. The van der Waals surface area contributed by atoms with Gasteiger partial charge in [-0.05, 0) is 13.3 Å². The number of hydrogen-bond acceptors (Lipinski definition) is 6. The zero-order chi connectivity index (χ0) is 13.1. The summed E-state index contributed by atoms with van der Waals surface area (Å²) < 4.78 is 6.12. The van der Waals surface area contributed by atoms with Gasteiger partial charge in [0.1, 0.15) is 11.4 Å². The van der Waals surface area contributed by atoms with Crippen molar-refractivity contribution < 1.29 is 14.5 Å². The van der Waals surface area contributed by atoms with Crippen molar-refractivity contribution in [3.05, 3.63) is 22.8 Å². The molecule has 2 rings (SSSR count). The topological polar surface area (TPSA) is 107 Å². The lowest BCUT2D eigenvalue weighted by Crippen LogP contribution is -2.10. The number of carboxylic acids is 1. The normalized spacial score (nSPS) is 10.8. The van der Waals surface area contributed by atoms with Crippen molar-refractivity contribution in [2.45, 2.75) is 33.2 Å². The Labute approximate surface area is 103 Å². The monoisotopic (exact) mass is 251 g/mol. The summed E-state index contributed by atoms with van der Waals surface area (Å²) >= 11 is 0. The maximum absolute atomic E-state index is 11.0. The van der Waals surface area contributed by atoms with Gasteiger partial charge >= 0.3 is 5.97 Å². The SMILES string of the molecule is CCCc1c(C(=O)O)nnn1Cc1nonc1C. The van der Waals surface area contributed by atoms with E-state index in [1.165, 1.54) is 4.68 Å². The first-order valence-electron chi connectivity index (χ1n) is 5.57. The average Bonchev–Trinajstić information content (AvgIpc) is 2.89. The zero-order valence-electron chi connectivity index (χ0n) is 10.1. The van der Waals surface area contributed by atoms with Crippen LogP contribution in [0.3, 0.4) is 0 Å². The molecule has 0 unspecified atom stereocenters. The second-order valence-electron chi connectivity index (χ2n) is 3.89. The Bertz CT molecular complexity index is 560. The van der Waals surface area contributed by atoms with E-state index in [1.807, 2.05) is 6.92 Å². The molecule has 0 fully saturated rings. The Morgan fingerprint density at radius 3 is 2.78 bits per heavy atom. The Balaban J connectivity index is 2.33. The molecular weight excluding hydrogens is 238 g/mol. The van der Waals surface area contributed by atoms with Crippen LogP contribution in [0.1, 0.15) is 40.9 Å². The van der Waals surface area contributed by atoms with E-state index >= 15 is 0 Å². The molecule has 0 aliphatic carbocycles. The van der Waals surface area contributed by atoms with Crippen LogP contribution in [-0.2, 0) is 13.0 Å². The van der Waals surface area contributed by atoms with Crippen LogP contribution >= 0.6 is 0 Å². The van der Waals surface area contributed by atoms with Gasteiger partial charge in [0.05, 0.1) is 12.2 Å². The largest absolute Gasteiger partial charge is 0.476 e. The molecule has 0 aromatic carbocycles. The molecule has 0 spiro atoms. The Morgan fingerprint density at radius 2 is 2.22 bits per heavy atom.